The molecule has 0 fully saturated rings. The Kier molecular flexibility index (Phi) is 9.47. The lowest BCUT2D eigenvalue weighted by Crippen LogP contribution is -2.21. The van der Waals surface area contributed by atoms with Crippen LogP contribution in [-0.4, -0.2) is 24.1 Å². The van der Waals surface area contributed by atoms with E-state index in [0.29, 0.717) is 46.6 Å². The summed E-state index contributed by atoms with van der Waals surface area (Å²) in [6.07, 6.45) is 9.61. The Bertz CT molecular complexity index is 1620. The third-order valence-corrected chi connectivity index (χ3v) is 7.05. The smallest absolute Gasteiger partial charge is 0.411 e. The molecule has 2 amide bonds. The molecule has 3 aromatic rings. The van der Waals surface area contributed by atoms with Gasteiger partial charge in [-0.25, -0.2) is 13.6 Å². The van der Waals surface area contributed by atoms with Gasteiger partial charge in [0.05, 0.1) is 24.1 Å². The number of anilines is 2. The Morgan fingerprint density at radius 1 is 1.19 bits per heavy atom. The number of hydrogen-bond acceptors (Lipinski definition) is 4. The summed E-state index contributed by atoms with van der Waals surface area (Å²) in [5.41, 5.74) is 5.02. The van der Waals surface area contributed by atoms with Gasteiger partial charge in [0.15, 0.2) is 0 Å². The van der Waals surface area contributed by atoms with Gasteiger partial charge in [-0.2, -0.15) is 0 Å². The van der Waals surface area contributed by atoms with Gasteiger partial charge in [-0.15, -0.1) is 0 Å². The minimum Gasteiger partial charge on any atom is -0.453 e. The van der Waals surface area contributed by atoms with E-state index in [1.165, 1.54) is 25.4 Å². The molecule has 0 aliphatic carbocycles. The monoisotopic (exact) mass is 569 g/mol. The number of methoxy groups -OCH3 is 1. The number of amides is 2. The SMILES string of the molecule is C=C1/C=C(\C=C/C)c2ccc(NC(=O)OC)cc2NC(=O)C(C)CC/C=C\1c1ccc(-c2c(F)ccc(C)c2F)cn1. The first-order valence-electron chi connectivity index (χ1n) is 13.6. The molecule has 6 nitrogen and oxygen atoms in total. The van der Waals surface area contributed by atoms with E-state index in [9.17, 15) is 18.4 Å². The second-order valence-corrected chi connectivity index (χ2v) is 10.1. The van der Waals surface area contributed by atoms with Gasteiger partial charge in [0.2, 0.25) is 5.91 Å². The maximum atomic E-state index is 14.8. The first kappa shape index (κ1) is 30.1. The Morgan fingerprint density at radius 3 is 2.67 bits per heavy atom. The van der Waals surface area contributed by atoms with Crippen molar-refractivity contribution >= 4 is 34.5 Å². The molecule has 0 bridgehead atoms. The highest BCUT2D eigenvalue weighted by atomic mass is 19.1. The summed E-state index contributed by atoms with van der Waals surface area (Å²) in [5.74, 6) is -1.76. The first-order valence-corrected chi connectivity index (χ1v) is 13.6. The Balaban J connectivity index is 1.79. The molecule has 42 heavy (non-hydrogen) atoms. The number of aryl methyl sites for hydroxylation is 1. The summed E-state index contributed by atoms with van der Waals surface area (Å²) in [5, 5.41) is 5.64. The summed E-state index contributed by atoms with van der Waals surface area (Å²) in [6.45, 7) is 9.65. The predicted octanol–water partition coefficient (Wildman–Crippen LogP) is 8.48. The number of rotatable bonds is 4. The van der Waals surface area contributed by atoms with E-state index < -0.39 is 17.7 Å². The van der Waals surface area contributed by atoms with Crippen LogP contribution in [0.2, 0.25) is 0 Å². The molecule has 216 valence electrons. The predicted molar refractivity (Wildman–Crippen MR) is 164 cm³/mol. The van der Waals surface area contributed by atoms with Gasteiger partial charge in [-0.3, -0.25) is 15.1 Å². The van der Waals surface area contributed by atoms with Crippen molar-refractivity contribution in [3.05, 3.63) is 114 Å². The largest absolute Gasteiger partial charge is 0.453 e. The summed E-state index contributed by atoms with van der Waals surface area (Å²) in [4.78, 5) is 29.5. The molecule has 1 unspecified atom stereocenters. The number of carbonyl (C=O) groups is 2. The fraction of sp³-hybridized carbons (Fsp3) is 0.206. The van der Waals surface area contributed by atoms with Gasteiger partial charge >= 0.3 is 6.09 Å². The molecular formula is C34H33F2N3O3. The van der Waals surface area contributed by atoms with E-state index in [4.69, 9.17) is 4.74 Å². The van der Waals surface area contributed by atoms with Crippen LogP contribution in [0, 0.1) is 24.5 Å². The number of pyridine rings is 1. The van der Waals surface area contributed by atoms with Crippen LogP contribution in [0.15, 0.2) is 85.1 Å². The van der Waals surface area contributed by atoms with Crippen LogP contribution < -0.4 is 10.6 Å². The molecule has 8 heteroatoms. The highest BCUT2D eigenvalue weighted by molar-refractivity contribution is 5.99. The molecule has 1 aromatic heterocycles. The van der Waals surface area contributed by atoms with Crippen molar-refractivity contribution in [2.24, 2.45) is 5.92 Å². The van der Waals surface area contributed by atoms with Crippen molar-refractivity contribution in [1.82, 2.24) is 4.98 Å². The van der Waals surface area contributed by atoms with Crippen molar-refractivity contribution in [3.63, 3.8) is 0 Å². The standard InChI is InChI=1S/C34H33F2N3O3/c1-6-8-23-17-22(4)26(29-16-12-24(19-37-29)31-28(35)15-11-20(2)32(31)36)10-7-9-21(3)33(40)39-30-18-25(13-14-27(23)30)38-34(41)42-5/h6,8,10-19,21H,4,7,9H2,1-3,5H3,(H,38,41)(H,39,40)/b8-6-,23-17+,26-10+. The molecule has 0 radical (unpaired) electrons. The zero-order valence-corrected chi connectivity index (χ0v) is 24.1. The van der Waals surface area contributed by atoms with Crippen LogP contribution in [0.1, 0.15) is 43.5 Å². The molecule has 2 aromatic carbocycles. The molecule has 0 saturated heterocycles. The number of nitrogens with one attached hydrogen (secondary N) is 2. The van der Waals surface area contributed by atoms with E-state index in [0.717, 1.165) is 16.7 Å². The number of hydrogen-bond donors (Lipinski definition) is 2. The lowest BCUT2D eigenvalue weighted by Gasteiger charge is -2.19. The average molecular weight is 570 g/mol. The molecule has 0 spiro atoms. The third kappa shape index (κ3) is 6.71. The van der Waals surface area contributed by atoms with E-state index in [1.807, 2.05) is 38.2 Å². The summed E-state index contributed by atoms with van der Waals surface area (Å²) >= 11 is 0. The van der Waals surface area contributed by atoms with Crippen molar-refractivity contribution in [2.75, 3.05) is 17.7 Å². The summed E-state index contributed by atoms with van der Waals surface area (Å²) in [7, 11) is 1.28. The van der Waals surface area contributed by atoms with Crippen molar-refractivity contribution in [3.8, 4) is 11.1 Å². The van der Waals surface area contributed by atoms with Crippen molar-refractivity contribution in [1.29, 1.82) is 0 Å². The molecule has 1 atom stereocenters. The average Bonchev–Trinajstić information content (AvgIpc) is 2.97. The van der Waals surface area contributed by atoms with Crippen LogP contribution in [0.5, 0.6) is 0 Å². The lowest BCUT2D eigenvalue weighted by atomic mass is 9.93. The van der Waals surface area contributed by atoms with Gasteiger partial charge in [0.25, 0.3) is 0 Å². The Labute approximate surface area is 244 Å². The van der Waals surface area contributed by atoms with Crippen LogP contribution in [-0.2, 0) is 9.53 Å². The summed E-state index contributed by atoms with van der Waals surface area (Å²) in [6, 6.07) is 11.2. The van der Waals surface area contributed by atoms with Gasteiger partial charge in [0, 0.05) is 34.5 Å². The number of nitrogens with zero attached hydrogens (tertiary/aromatic N) is 1. The van der Waals surface area contributed by atoms with Crippen molar-refractivity contribution in [2.45, 2.75) is 33.6 Å². The number of ether oxygens (including phenoxy) is 1. The van der Waals surface area contributed by atoms with E-state index in [1.54, 1.807) is 37.3 Å². The highest BCUT2D eigenvalue weighted by Gasteiger charge is 2.19. The van der Waals surface area contributed by atoms with E-state index >= 15 is 0 Å². The quantitative estimate of drug-likeness (QED) is 0.330. The topological polar surface area (TPSA) is 80.3 Å². The molecule has 1 aliphatic heterocycles. The normalized spacial score (nSPS) is 18.5. The number of halogens is 2. The summed E-state index contributed by atoms with van der Waals surface area (Å²) < 4.78 is 34.0. The second-order valence-electron chi connectivity index (χ2n) is 10.1. The third-order valence-electron chi connectivity index (χ3n) is 7.05. The molecule has 2 heterocycles. The lowest BCUT2D eigenvalue weighted by molar-refractivity contribution is -0.119. The zero-order valence-electron chi connectivity index (χ0n) is 24.1. The van der Waals surface area contributed by atoms with Gasteiger partial charge in [-0.1, -0.05) is 49.9 Å². The van der Waals surface area contributed by atoms with Crippen LogP contribution in [0.4, 0.5) is 25.0 Å². The maximum Gasteiger partial charge on any atom is 0.411 e. The van der Waals surface area contributed by atoms with Gasteiger partial charge < -0.3 is 10.1 Å². The molecule has 4 rings (SSSR count). The van der Waals surface area contributed by atoms with Crippen LogP contribution in [0.3, 0.4) is 0 Å². The van der Waals surface area contributed by atoms with Gasteiger partial charge in [-0.05, 0) is 73.7 Å². The Morgan fingerprint density at radius 2 is 1.98 bits per heavy atom. The molecular weight excluding hydrogens is 536 g/mol. The minimum absolute atomic E-state index is 0.117. The maximum absolute atomic E-state index is 14.8. The number of carbonyl (C=O) groups excluding carboxylic acids is 2. The number of benzene rings is 2. The number of allylic oxidation sites excluding steroid dienone is 7. The molecule has 1 aliphatic rings. The minimum atomic E-state index is -0.655. The fourth-order valence-corrected chi connectivity index (χ4v) is 4.69. The fourth-order valence-electron chi connectivity index (χ4n) is 4.69. The number of aromatic nitrogens is 1. The molecule has 0 saturated carbocycles. The second kappa shape index (κ2) is 13.2. The highest BCUT2D eigenvalue weighted by Crippen LogP contribution is 2.34. The van der Waals surface area contributed by atoms with Crippen LogP contribution in [0.25, 0.3) is 22.3 Å². The van der Waals surface area contributed by atoms with Gasteiger partial charge in [0.1, 0.15) is 11.6 Å². The van der Waals surface area contributed by atoms with E-state index in [-0.39, 0.29) is 17.4 Å². The number of fused-ring (bicyclic) bond motifs is 1. The van der Waals surface area contributed by atoms with Crippen molar-refractivity contribution < 1.29 is 23.1 Å². The van der Waals surface area contributed by atoms with E-state index in [2.05, 4.69) is 22.2 Å². The first-order chi connectivity index (χ1) is 20.1. The Hall–Kier alpha value is -4.85. The zero-order chi connectivity index (χ0) is 30.4. The van der Waals surface area contributed by atoms with Crippen LogP contribution >= 0.6 is 0 Å². The molecule has 2 N–H and O–H groups in total.